The number of fused-ring (bicyclic) bond motifs is 1. The molecule has 0 aromatic carbocycles. The van der Waals surface area contributed by atoms with E-state index in [0.717, 1.165) is 12.1 Å². The third-order valence-electron chi connectivity index (χ3n) is 3.04. The van der Waals surface area contributed by atoms with Gasteiger partial charge < -0.3 is 9.09 Å². The molecule has 0 amide bonds. The summed E-state index contributed by atoms with van der Waals surface area (Å²) in [6.45, 7) is 2.40. The molecule has 3 aromatic heterocycles. The van der Waals surface area contributed by atoms with Gasteiger partial charge >= 0.3 is 0 Å². The van der Waals surface area contributed by atoms with Gasteiger partial charge in [-0.2, -0.15) is 0 Å². The Morgan fingerprint density at radius 2 is 2.26 bits per heavy atom. The van der Waals surface area contributed by atoms with Gasteiger partial charge in [0.15, 0.2) is 5.76 Å². The molecule has 5 heteroatoms. The highest BCUT2D eigenvalue weighted by Crippen LogP contribution is 2.08. The Hall–Kier alpha value is -2.43. The third kappa shape index (κ3) is 2.14. The molecule has 0 atom stereocenters. The van der Waals surface area contributed by atoms with Crippen LogP contribution in [0.1, 0.15) is 18.4 Å². The molecule has 0 saturated carbocycles. The minimum Gasteiger partial charge on any atom is -0.359 e. The Bertz CT molecular complexity index is 773. The van der Waals surface area contributed by atoms with Gasteiger partial charge in [0.05, 0.1) is 23.1 Å². The lowest BCUT2D eigenvalue weighted by Crippen LogP contribution is -2.20. The van der Waals surface area contributed by atoms with E-state index in [1.165, 1.54) is 0 Å². The van der Waals surface area contributed by atoms with Crippen molar-refractivity contribution in [2.75, 3.05) is 0 Å². The molecule has 0 unspecified atom stereocenters. The van der Waals surface area contributed by atoms with Crippen LogP contribution in [0.3, 0.4) is 0 Å². The van der Waals surface area contributed by atoms with Crippen LogP contribution < -0.4 is 5.56 Å². The van der Waals surface area contributed by atoms with Crippen molar-refractivity contribution >= 4 is 10.9 Å². The lowest BCUT2D eigenvalue weighted by atomic mass is 10.2. The molecular weight excluding hydrogens is 242 g/mol. The van der Waals surface area contributed by atoms with E-state index in [-0.39, 0.29) is 5.56 Å². The van der Waals surface area contributed by atoms with Gasteiger partial charge in [-0.3, -0.25) is 9.78 Å². The van der Waals surface area contributed by atoms with E-state index in [0.29, 0.717) is 23.2 Å². The molecule has 5 nitrogen and oxygen atoms in total. The molecule has 3 rings (SSSR count). The van der Waals surface area contributed by atoms with Gasteiger partial charge in [-0.25, -0.2) is 0 Å². The number of nitrogens with zero attached hydrogens (tertiary/aromatic N) is 3. The van der Waals surface area contributed by atoms with Crippen molar-refractivity contribution in [2.45, 2.75) is 19.9 Å². The Kier molecular flexibility index (Phi) is 2.87. The first-order valence-corrected chi connectivity index (χ1v) is 6.16. The molecule has 0 spiro atoms. The van der Waals surface area contributed by atoms with Crippen LogP contribution in [0.2, 0.25) is 0 Å². The summed E-state index contributed by atoms with van der Waals surface area (Å²) in [6, 6.07) is 7.24. The van der Waals surface area contributed by atoms with Gasteiger partial charge in [-0.1, -0.05) is 12.1 Å². The number of hydrogen-bond donors (Lipinski definition) is 0. The predicted octanol–water partition coefficient (Wildman–Crippen LogP) is 2.00. The molecule has 0 N–H and O–H groups in total. The van der Waals surface area contributed by atoms with Crippen molar-refractivity contribution in [3.8, 4) is 0 Å². The van der Waals surface area contributed by atoms with Crippen molar-refractivity contribution in [1.82, 2.24) is 14.7 Å². The molecule has 0 saturated heterocycles. The zero-order valence-electron chi connectivity index (χ0n) is 10.5. The highest BCUT2D eigenvalue weighted by molar-refractivity contribution is 5.76. The molecule has 96 valence electrons. The molecule has 19 heavy (non-hydrogen) atoms. The number of aromatic nitrogens is 3. The van der Waals surface area contributed by atoms with E-state index < -0.39 is 0 Å². The summed E-state index contributed by atoms with van der Waals surface area (Å²) in [5, 5.41) is 4.53. The molecule has 0 aliphatic rings. The highest BCUT2D eigenvalue weighted by atomic mass is 16.5. The molecule has 0 aliphatic heterocycles. The molecule has 3 aromatic rings. The molecule has 0 fully saturated rings. The standard InChI is InChI=1S/C14H13N3O2/c1-2-10-8-11(19-16-10)9-17-7-5-13-12(14(17)18)4-3-6-15-13/h3-8H,2,9H2,1H3. The van der Waals surface area contributed by atoms with Crippen molar-refractivity contribution in [3.63, 3.8) is 0 Å². The summed E-state index contributed by atoms with van der Waals surface area (Å²) in [5.41, 5.74) is 1.53. The Morgan fingerprint density at radius 3 is 3.05 bits per heavy atom. The first-order chi connectivity index (χ1) is 9.28. The normalized spacial score (nSPS) is 11.0. The fraction of sp³-hybridized carbons (Fsp3) is 0.214. The Labute approximate surface area is 109 Å². The molecule has 3 heterocycles. The lowest BCUT2D eigenvalue weighted by molar-refractivity contribution is 0.370. The zero-order valence-corrected chi connectivity index (χ0v) is 10.5. The van der Waals surface area contributed by atoms with Crippen LogP contribution in [0.25, 0.3) is 10.9 Å². The van der Waals surface area contributed by atoms with Crippen molar-refractivity contribution in [1.29, 1.82) is 0 Å². The molecule has 0 radical (unpaired) electrons. The first-order valence-electron chi connectivity index (χ1n) is 6.16. The summed E-state index contributed by atoms with van der Waals surface area (Å²) in [6.07, 6.45) is 4.22. The highest BCUT2D eigenvalue weighted by Gasteiger charge is 2.07. The number of rotatable bonds is 3. The van der Waals surface area contributed by atoms with E-state index >= 15 is 0 Å². The van der Waals surface area contributed by atoms with Gasteiger partial charge in [-0.05, 0) is 24.6 Å². The second-order valence-corrected chi connectivity index (χ2v) is 4.32. The third-order valence-corrected chi connectivity index (χ3v) is 3.04. The van der Waals surface area contributed by atoms with E-state index in [4.69, 9.17) is 4.52 Å². The van der Waals surface area contributed by atoms with Crippen molar-refractivity contribution in [3.05, 3.63) is 58.5 Å². The van der Waals surface area contributed by atoms with E-state index in [1.807, 2.05) is 19.1 Å². The SMILES string of the molecule is CCc1cc(Cn2ccc3ncccc3c2=O)on1. The van der Waals surface area contributed by atoms with E-state index in [1.54, 1.807) is 29.1 Å². The van der Waals surface area contributed by atoms with Gasteiger partial charge in [0.1, 0.15) is 0 Å². The van der Waals surface area contributed by atoms with Crippen LogP contribution in [-0.2, 0) is 13.0 Å². The lowest BCUT2D eigenvalue weighted by Gasteiger charge is -2.03. The number of pyridine rings is 2. The van der Waals surface area contributed by atoms with E-state index in [9.17, 15) is 4.79 Å². The van der Waals surface area contributed by atoms with Crippen LogP contribution in [0.5, 0.6) is 0 Å². The second kappa shape index (κ2) is 4.68. The Balaban J connectivity index is 2.01. The Morgan fingerprint density at radius 1 is 1.37 bits per heavy atom. The van der Waals surface area contributed by atoms with Crippen LogP contribution in [0, 0.1) is 0 Å². The monoisotopic (exact) mass is 255 g/mol. The maximum atomic E-state index is 12.3. The minimum atomic E-state index is -0.0694. The average Bonchev–Trinajstić information content (AvgIpc) is 2.90. The van der Waals surface area contributed by atoms with Crippen LogP contribution >= 0.6 is 0 Å². The van der Waals surface area contributed by atoms with Crippen LogP contribution in [-0.4, -0.2) is 14.7 Å². The predicted molar refractivity (Wildman–Crippen MR) is 71.0 cm³/mol. The summed E-state index contributed by atoms with van der Waals surface area (Å²) >= 11 is 0. The fourth-order valence-corrected chi connectivity index (χ4v) is 2.00. The maximum Gasteiger partial charge on any atom is 0.260 e. The average molecular weight is 255 g/mol. The smallest absolute Gasteiger partial charge is 0.260 e. The summed E-state index contributed by atoms with van der Waals surface area (Å²) < 4.78 is 6.80. The zero-order chi connectivity index (χ0) is 13.2. The summed E-state index contributed by atoms with van der Waals surface area (Å²) in [7, 11) is 0. The first kappa shape index (κ1) is 11.6. The number of aryl methyl sites for hydroxylation is 1. The van der Waals surface area contributed by atoms with Gasteiger partial charge in [0.2, 0.25) is 0 Å². The molecular formula is C14H13N3O2. The molecule has 0 bridgehead atoms. The maximum absolute atomic E-state index is 12.3. The second-order valence-electron chi connectivity index (χ2n) is 4.32. The van der Waals surface area contributed by atoms with Crippen molar-refractivity contribution < 1.29 is 4.52 Å². The van der Waals surface area contributed by atoms with Crippen LogP contribution in [0.15, 0.2) is 46.0 Å². The van der Waals surface area contributed by atoms with Crippen LogP contribution in [0.4, 0.5) is 0 Å². The quantitative estimate of drug-likeness (QED) is 0.718. The minimum absolute atomic E-state index is 0.0694. The molecule has 0 aliphatic carbocycles. The van der Waals surface area contributed by atoms with Gasteiger partial charge in [-0.15, -0.1) is 0 Å². The van der Waals surface area contributed by atoms with Gasteiger partial charge in [0, 0.05) is 18.5 Å². The summed E-state index contributed by atoms with van der Waals surface area (Å²) in [4.78, 5) is 16.4. The van der Waals surface area contributed by atoms with E-state index in [2.05, 4.69) is 10.1 Å². The summed E-state index contributed by atoms with van der Waals surface area (Å²) in [5.74, 6) is 0.683. The van der Waals surface area contributed by atoms with Crippen molar-refractivity contribution in [2.24, 2.45) is 0 Å². The van der Waals surface area contributed by atoms with Gasteiger partial charge in [0.25, 0.3) is 5.56 Å². The largest absolute Gasteiger partial charge is 0.359 e. The number of hydrogen-bond acceptors (Lipinski definition) is 4. The fourth-order valence-electron chi connectivity index (χ4n) is 2.00. The topological polar surface area (TPSA) is 60.9 Å².